The molecule has 1 N–H and O–H groups in total. The molecule has 3 aliphatic rings. The van der Waals surface area contributed by atoms with E-state index < -0.39 is 0 Å². The normalized spacial score (nSPS) is 21.2. The number of carbonyl (C=O) groups excluding carboxylic acids is 1. The molecule has 1 unspecified atom stereocenters. The minimum absolute atomic E-state index is 0.0151. The van der Waals surface area contributed by atoms with Crippen molar-refractivity contribution in [2.24, 2.45) is 5.92 Å². The van der Waals surface area contributed by atoms with Crippen LogP contribution in [0.25, 0.3) is 5.57 Å². The van der Waals surface area contributed by atoms with Crippen LogP contribution in [0.3, 0.4) is 0 Å². The highest BCUT2D eigenvalue weighted by Crippen LogP contribution is 2.38. The van der Waals surface area contributed by atoms with E-state index >= 15 is 0 Å². The van der Waals surface area contributed by atoms with Crippen molar-refractivity contribution in [2.45, 2.75) is 33.1 Å². The van der Waals surface area contributed by atoms with Crippen LogP contribution in [0, 0.1) is 5.92 Å². The van der Waals surface area contributed by atoms with Gasteiger partial charge in [-0.05, 0) is 77.8 Å². The molecule has 0 aromatic heterocycles. The number of nitrogens with zero attached hydrogens (tertiary/aromatic N) is 1. The summed E-state index contributed by atoms with van der Waals surface area (Å²) in [6, 6.07) is 5.85. The summed E-state index contributed by atoms with van der Waals surface area (Å²) in [7, 11) is 3.26. The molecule has 32 heavy (non-hydrogen) atoms. The second-order valence-electron chi connectivity index (χ2n) is 8.39. The Morgan fingerprint density at radius 2 is 1.94 bits per heavy atom. The highest BCUT2D eigenvalue weighted by molar-refractivity contribution is 5.98. The molecule has 1 aromatic rings. The third-order valence-electron chi connectivity index (χ3n) is 6.43. The maximum absolute atomic E-state index is 13.5. The maximum Gasteiger partial charge on any atom is 0.255 e. The Morgan fingerprint density at radius 3 is 2.62 bits per heavy atom. The molecule has 168 valence electrons. The average Bonchev–Trinajstić information content (AvgIpc) is 2.84. The van der Waals surface area contributed by atoms with Gasteiger partial charge in [-0.1, -0.05) is 32.1 Å². The number of amides is 1. The lowest BCUT2D eigenvalue weighted by atomic mass is 9.87. The largest absolute Gasteiger partial charge is 0.493 e. The highest BCUT2D eigenvalue weighted by Gasteiger charge is 2.27. The van der Waals surface area contributed by atoms with Gasteiger partial charge in [0.2, 0.25) is 0 Å². The fraction of sp³-hybridized carbons (Fsp3) is 0.370. The number of hydrogen-bond donors (Lipinski definition) is 1. The molecule has 1 atom stereocenters. The molecule has 0 saturated carbocycles. The van der Waals surface area contributed by atoms with Crippen molar-refractivity contribution in [1.29, 1.82) is 0 Å². The van der Waals surface area contributed by atoms with Crippen molar-refractivity contribution < 1.29 is 14.3 Å². The van der Waals surface area contributed by atoms with Gasteiger partial charge in [0.1, 0.15) is 0 Å². The van der Waals surface area contributed by atoms with Gasteiger partial charge in [0, 0.05) is 24.5 Å². The summed E-state index contributed by atoms with van der Waals surface area (Å²) in [5, 5.41) is 3.36. The Kier molecular flexibility index (Phi) is 6.66. The molecular formula is C27H32N2O3. The Hall–Kier alpha value is -3.05. The predicted octanol–water partition coefficient (Wildman–Crippen LogP) is 4.99. The first kappa shape index (κ1) is 22.2. The first-order chi connectivity index (χ1) is 15.5. The van der Waals surface area contributed by atoms with E-state index in [1.54, 1.807) is 20.3 Å². The Morgan fingerprint density at radius 1 is 1.12 bits per heavy atom. The lowest BCUT2D eigenvalue weighted by molar-refractivity contribution is -0.122. The Balaban J connectivity index is 1.74. The molecule has 0 aliphatic carbocycles. The van der Waals surface area contributed by atoms with Crippen molar-refractivity contribution in [3.8, 4) is 11.5 Å². The number of ether oxygens (including phenoxy) is 2. The minimum Gasteiger partial charge on any atom is -0.493 e. The van der Waals surface area contributed by atoms with Crippen LogP contribution in [-0.2, 0) is 4.79 Å². The van der Waals surface area contributed by atoms with Crippen molar-refractivity contribution in [1.82, 2.24) is 10.2 Å². The summed E-state index contributed by atoms with van der Waals surface area (Å²) < 4.78 is 10.9. The molecule has 1 amide bonds. The van der Waals surface area contributed by atoms with Crippen LogP contribution in [0.1, 0.15) is 38.7 Å². The molecule has 5 heteroatoms. The van der Waals surface area contributed by atoms with Crippen molar-refractivity contribution in [3.63, 3.8) is 0 Å². The van der Waals surface area contributed by atoms with Crippen molar-refractivity contribution in [3.05, 3.63) is 76.7 Å². The number of carbonyl (C=O) groups is 1. The van der Waals surface area contributed by atoms with E-state index in [4.69, 9.17) is 9.47 Å². The number of benzene rings is 1. The van der Waals surface area contributed by atoms with E-state index in [-0.39, 0.29) is 11.8 Å². The number of methoxy groups -OCH3 is 2. The molecule has 5 nitrogen and oxygen atoms in total. The number of hydrogen-bond acceptors (Lipinski definition) is 4. The van der Waals surface area contributed by atoms with E-state index in [0.29, 0.717) is 11.5 Å². The summed E-state index contributed by atoms with van der Waals surface area (Å²) in [5.41, 5.74) is 6.67. The lowest BCUT2D eigenvalue weighted by Crippen LogP contribution is -2.30. The summed E-state index contributed by atoms with van der Waals surface area (Å²) >= 11 is 0. The molecule has 3 aliphatic heterocycles. The van der Waals surface area contributed by atoms with Crippen LogP contribution in [-0.4, -0.2) is 38.1 Å². The van der Waals surface area contributed by atoms with Crippen LogP contribution < -0.4 is 14.8 Å². The van der Waals surface area contributed by atoms with Gasteiger partial charge in [0.05, 0.1) is 14.2 Å². The monoisotopic (exact) mass is 432 g/mol. The highest BCUT2D eigenvalue weighted by atomic mass is 16.5. The van der Waals surface area contributed by atoms with Crippen molar-refractivity contribution in [2.75, 3.05) is 27.3 Å². The molecule has 0 saturated heterocycles. The molecule has 0 radical (unpaired) electrons. The maximum atomic E-state index is 13.5. The van der Waals surface area contributed by atoms with Gasteiger partial charge in [-0.3, -0.25) is 9.69 Å². The van der Waals surface area contributed by atoms with Gasteiger partial charge in [-0.2, -0.15) is 0 Å². The van der Waals surface area contributed by atoms with Gasteiger partial charge in [0.15, 0.2) is 11.5 Å². The summed E-state index contributed by atoms with van der Waals surface area (Å²) in [6.07, 6.45) is 13.2. The summed E-state index contributed by atoms with van der Waals surface area (Å²) in [4.78, 5) is 15.4. The van der Waals surface area contributed by atoms with Crippen LogP contribution in [0.2, 0.25) is 0 Å². The van der Waals surface area contributed by atoms with E-state index in [9.17, 15) is 4.79 Å². The number of rotatable bonds is 5. The quantitative estimate of drug-likeness (QED) is 0.712. The van der Waals surface area contributed by atoms with Crippen LogP contribution in [0.5, 0.6) is 11.5 Å². The topological polar surface area (TPSA) is 50.8 Å². The minimum atomic E-state index is -0.0151. The molecule has 0 bridgehead atoms. The number of nitrogens with one attached hydrogen (secondary N) is 1. The van der Waals surface area contributed by atoms with Gasteiger partial charge < -0.3 is 14.8 Å². The first-order valence-electron chi connectivity index (χ1n) is 11.4. The van der Waals surface area contributed by atoms with Gasteiger partial charge >= 0.3 is 0 Å². The smallest absolute Gasteiger partial charge is 0.255 e. The Labute approximate surface area is 190 Å². The molecule has 3 heterocycles. The summed E-state index contributed by atoms with van der Waals surface area (Å²) in [6.45, 7) is 6.17. The zero-order valence-corrected chi connectivity index (χ0v) is 19.4. The lowest BCUT2D eigenvalue weighted by Gasteiger charge is -2.31. The van der Waals surface area contributed by atoms with Crippen molar-refractivity contribution >= 4 is 11.5 Å². The van der Waals surface area contributed by atoms with Gasteiger partial charge in [0.25, 0.3) is 5.91 Å². The second-order valence-corrected chi connectivity index (χ2v) is 8.39. The van der Waals surface area contributed by atoms with E-state index in [2.05, 4.69) is 37.4 Å². The molecule has 1 aromatic carbocycles. The third-order valence-corrected chi connectivity index (χ3v) is 6.43. The third kappa shape index (κ3) is 4.30. The fourth-order valence-corrected chi connectivity index (χ4v) is 4.56. The van der Waals surface area contributed by atoms with Crippen LogP contribution in [0.4, 0.5) is 0 Å². The van der Waals surface area contributed by atoms with Gasteiger partial charge in [-0.15, -0.1) is 0 Å². The van der Waals surface area contributed by atoms with Crippen LogP contribution >= 0.6 is 0 Å². The van der Waals surface area contributed by atoms with Gasteiger partial charge in [-0.25, -0.2) is 0 Å². The predicted molar refractivity (Wildman–Crippen MR) is 128 cm³/mol. The molecule has 0 spiro atoms. The molecular weight excluding hydrogens is 400 g/mol. The van der Waals surface area contributed by atoms with E-state index in [0.717, 1.165) is 54.8 Å². The summed E-state index contributed by atoms with van der Waals surface area (Å²) in [5.74, 6) is 1.53. The molecule has 4 rings (SSSR count). The Bertz CT molecular complexity index is 1060. The fourth-order valence-electron chi connectivity index (χ4n) is 4.56. The second kappa shape index (κ2) is 9.61. The van der Waals surface area contributed by atoms with Crippen LogP contribution in [0.15, 0.2) is 71.1 Å². The zero-order valence-electron chi connectivity index (χ0n) is 19.4. The zero-order chi connectivity index (χ0) is 22.7. The van der Waals surface area contributed by atoms with E-state index in [1.807, 2.05) is 29.3 Å². The number of fused-ring (bicyclic) bond motifs is 1. The standard InChI is InChI=1S/C27H32N2O3/c1-5-19-14-22(20-10-12-28-13-11-20)17-29-24(19)8-6-18(2)23(16-27(29)30)21-7-9-25(31-3)26(15-21)32-4/h7-10,14-18,28H,5-6,11-13H2,1-4H3. The average molecular weight is 433 g/mol. The number of allylic oxidation sites excluding steroid dienone is 5. The first-order valence-corrected chi connectivity index (χ1v) is 11.4. The van der Waals surface area contributed by atoms with E-state index in [1.165, 1.54) is 11.1 Å². The SMILES string of the molecule is CCC1=CC(C2=CCNCC2)=CN2C(=O)C=C(c3ccc(OC)c(OC)c3)C(C)CC=C12. The molecule has 0 fully saturated rings.